The van der Waals surface area contributed by atoms with Gasteiger partial charge in [-0.2, -0.15) is 11.6 Å². The summed E-state index contributed by atoms with van der Waals surface area (Å²) < 4.78 is 4.67. The Hall–Kier alpha value is -0.119. The Morgan fingerprint density at radius 2 is 2.13 bits per heavy atom. The molecule has 0 aromatic carbocycles. The molecule has 1 aliphatic carbocycles. The summed E-state index contributed by atoms with van der Waals surface area (Å²) in [6.07, 6.45) is 6.70. The van der Waals surface area contributed by atoms with Gasteiger partial charge in [-0.25, -0.2) is 5.20 Å². The Kier molecular flexibility index (Phi) is 5.78. The molecule has 0 heterocycles. The molecule has 15 heavy (non-hydrogen) atoms. The van der Waals surface area contributed by atoms with Crippen LogP contribution in [0.15, 0.2) is 16.8 Å². The molecule has 2 nitrogen and oxygen atoms in total. The molecule has 0 atom stereocenters. The third-order valence-corrected chi connectivity index (χ3v) is 4.26. The molecule has 1 aliphatic rings. The number of methoxy groups -OCH3 is 1. The molecule has 0 aliphatic heterocycles. The molecular formula is C11H17O2SiTi-. The first-order valence-electron chi connectivity index (χ1n) is 4.82. The Morgan fingerprint density at radius 3 is 2.60 bits per heavy atom. The SMILES string of the molecule is COC(=O)CC1=CC[C-]=C1[Si](C)(C)C.[Ti]. The van der Waals surface area contributed by atoms with Gasteiger partial charge in [-0.1, -0.05) is 19.6 Å². The summed E-state index contributed by atoms with van der Waals surface area (Å²) in [7, 11) is 0.0927. The molecule has 0 fully saturated rings. The van der Waals surface area contributed by atoms with E-state index in [4.69, 9.17) is 0 Å². The van der Waals surface area contributed by atoms with E-state index in [2.05, 4.69) is 36.5 Å². The zero-order chi connectivity index (χ0) is 10.8. The largest absolute Gasteiger partial charge is 0.470 e. The maximum Gasteiger partial charge on any atom is 0.292 e. The predicted octanol–water partition coefficient (Wildman–Crippen LogP) is 2.48. The van der Waals surface area contributed by atoms with Crippen LogP contribution in [0.4, 0.5) is 0 Å². The van der Waals surface area contributed by atoms with Crippen LogP contribution in [-0.2, 0) is 31.2 Å². The second-order valence-corrected chi connectivity index (χ2v) is 9.49. The summed E-state index contributed by atoms with van der Waals surface area (Å²) in [5, 5.41) is 1.29. The van der Waals surface area contributed by atoms with Crippen LogP contribution in [0, 0.1) is 6.08 Å². The fourth-order valence-corrected chi connectivity index (χ4v) is 3.41. The van der Waals surface area contributed by atoms with E-state index in [0.29, 0.717) is 6.42 Å². The van der Waals surface area contributed by atoms with Crippen LogP contribution >= 0.6 is 0 Å². The number of rotatable bonds is 3. The first kappa shape index (κ1) is 14.9. The van der Waals surface area contributed by atoms with Crippen molar-refractivity contribution in [1.82, 2.24) is 0 Å². The number of ether oxygens (including phenoxy) is 1. The van der Waals surface area contributed by atoms with Crippen LogP contribution in [0.2, 0.25) is 19.6 Å². The van der Waals surface area contributed by atoms with E-state index in [1.807, 2.05) is 0 Å². The predicted molar refractivity (Wildman–Crippen MR) is 59.4 cm³/mol. The van der Waals surface area contributed by atoms with Crippen LogP contribution < -0.4 is 0 Å². The van der Waals surface area contributed by atoms with Crippen LogP contribution in [0.3, 0.4) is 0 Å². The molecule has 0 radical (unpaired) electrons. The van der Waals surface area contributed by atoms with E-state index >= 15 is 0 Å². The van der Waals surface area contributed by atoms with Gasteiger partial charge < -0.3 is 4.74 Å². The van der Waals surface area contributed by atoms with Gasteiger partial charge in [-0.3, -0.25) is 10.9 Å². The minimum absolute atomic E-state index is 0. The van der Waals surface area contributed by atoms with Gasteiger partial charge in [0.2, 0.25) is 0 Å². The molecular weight excluding hydrogens is 240 g/mol. The third kappa shape index (κ3) is 4.09. The van der Waals surface area contributed by atoms with E-state index in [1.54, 1.807) is 0 Å². The van der Waals surface area contributed by atoms with Crippen LogP contribution in [0.5, 0.6) is 0 Å². The number of esters is 1. The van der Waals surface area contributed by atoms with E-state index in [1.165, 1.54) is 12.3 Å². The first-order chi connectivity index (χ1) is 6.45. The summed E-state index contributed by atoms with van der Waals surface area (Å²) in [6, 6.07) is 0. The number of carbonyl (C=O) groups is 1. The van der Waals surface area contributed by atoms with Crippen molar-refractivity contribution in [2.45, 2.75) is 32.5 Å². The summed E-state index contributed by atoms with van der Waals surface area (Å²) in [4.78, 5) is 11.2. The van der Waals surface area contributed by atoms with Gasteiger partial charge in [0.25, 0.3) is 5.97 Å². The molecule has 0 spiro atoms. The van der Waals surface area contributed by atoms with E-state index in [9.17, 15) is 4.79 Å². The quantitative estimate of drug-likeness (QED) is 0.441. The topological polar surface area (TPSA) is 26.3 Å². The second kappa shape index (κ2) is 5.83. The van der Waals surface area contributed by atoms with Gasteiger partial charge in [-0.05, 0) is 0 Å². The maximum absolute atomic E-state index is 11.2. The van der Waals surface area contributed by atoms with Gasteiger partial charge in [0.05, 0.1) is 7.11 Å². The Bertz CT molecular complexity index is 300. The van der Waals surface area contributed by atoms with Crippen LogP contribution in [0.25, 0.3) is 0 Å². The number of allylic oxidation sites excluding steroid dienone is 3. The fourth-order valence-electron chi connectivity index (χ4n) is 1.63. The molecule has 82 valence electrons. The molecule has 0 N–H and O–H groups in total. The smallest absolute Gasteiger partial charge is 0.292 e. The maximum atomic E-state index is 11.2. The van der Waals surface area contributed by atoms with Crippen molar-refractivity contribution in [3.8, 4) is 0 Å². The number of hydrogen-bond donors (Lipinski definition) is 0. The Balaban J connectivity index is 0.00000196. The van der Waals surface area contributed by atoms with Crippen molar-refractivity contribution in [2.75, 3.05) is 7.11 Å². The van der Waals surface area contributed by atoms with Gasteiger partial charge in [0, 0.05) is 36.2 Å². The molecule has 4 heteroatoms. The van der Waals surface area contributed by atoms with Crippen LogP contribution in [-0.4, -0.2) is 21.2 Å². The van der Waals surface area contributed by atoms with Crippen LogP contribution in [0.1, 0.15) is 12.8 Å². The summed E-state index contributed by atoms with van der Waals surface area (Å²) in [5.74, 6) is -0.157. The van der Waals surface area contributed by atoms with Gasteiger partial charge in [0.1, 0.15) is 0 Å². The zero-order valence-corrected chi connectivity index (χ0v) is 12.4. The van der Waals surface area contributed by atoms with Gasteiger partial charge in [0.15, 0.2) is 0 Å². The molecule has 0 bridgehead atoms. The zero-order valence-electron chi connectivity index (χ0n) is 9.81. The van der Waals surface area contributed by atoms with E-state index in [-0.39, 0.29) is 27.7 Å². The second-order valence-electron chi connectivity index (χ2n) is 4.49. The molecule has 0 amide bonds. The molecule has 0 aromatic heterocycles. The van der Waals surface area contributed by atoms with Crippen molar-refractivity contribution < 1.29 is 31.2 Å². The van der Waals surface area contributed by atoms with Crippen molar-refractivity contribution in [2.24, 2.45) is 0 Å². The molecule has 1 rings (SSSR count). The van der Waals surface area contributed by atoms with Crippen molar-refractivity contribution in [3.05, 3.63) is 22.9 Å². The van der Waals surface area contributed by atoms with Crippen molar-refractivity contribution >= 4 is 14.0 Å². The first-order valence-corrected chi connectivity index (χ1v) is 8.32. The minimum atomic E-state index is -1.34. The summed E-state index contributed by atoms with van der Waals surface area (Å²) in [5.41, 5.74) is 1.14. The fraction of sp³-hybridized carbons (Fsp3) is 0.545. The molecule has 0 unspecified atom stereocenters. The number of hydrogen-bond acceptors (Lipinski definition) is 2. The number of carbonyl (C=O) groups excluding carboxylic acids is 1. The average molecular weight is 257 g/mol. The van der Waals surface area contributed by atoms with E-state index in [0.717, 1.165) is 12.0 Å². The van der Waals surface area contributed by atoms with Gasteiger partial charge in [-0.15, -0.1) is 6.42 Å². The van der Waals surface area contributed by atoms with E-state index < -0.39 is 8.07 Å². The summed E-state index contributed by atoms with van der Waals surface area (Å²) >= 11 is 0. The minimum Gasteiger partial charge on any atom is -0.470 e. The average Bonchev–Trinajstić information content (AvgIpc) is 2.51. The standard InChI is InChI=1S/C11H17O2Si.Ti/c1-13-11(12)8-9-6-5-7-10(9)14(2,3)4;/h6H,5,8H2,1-4H3;/q-1;. The Morgan fingerprint density at radius 1 is 1.53 bits per heavy atom. The normalized spacial score (nSPS) is 15.2. The molecule has 0 saturated heterocycles. The monoisotopic (exact) mass is 257 g/mol. The summed E-state index contributed by atoms with van der Waals surface area (Å²) in [6.45, 7) is 6.81. The van der Waals surface area contributed by atoms with Crippen molar-refractivity contribution in [3.63, 3.8) is 0 Å². The third-order valence-electron chi connectivity index (χ3n) is 2.26. The molecule has 0 saturated carbocycles. The Labute approximate surface area is 108 Å². The van der Waals surface area contributed by atoms with Gasteiger partial charge >= 0.3 is 0 Å². The van der Waals surface area contributed by atoms with Crippen molar-refractivity contribution in [1.29, 1.82) is 0 Å². The molecule has 0 aromatic rings.